The lowest BCUT2D eigenvalue weighted by atomic mass is 9.98. The number of rotatable bonds is 6. The number of amides is 1. The molecule has 0 spiro atoms. The Morgan fingerprint density at radius 2 is 1.85 bits per heavy atom. The number of nitrogens with one attached hydrogen (secondary N) is 1. The molecule has 0 aliphatic heterocycles. The fourth-order valence-electron chi connectivity index (χ4n) is 2.48. The lowest BCUT2D eigenvalue weighted by molar-refractivity contribution is -0.120. The second-order valence-corrected chi connectivity index (χ2v) is 5.30. The van der Waals surface area contributed by atoms with Crippen LogP contribution in [0.2, 0.25) is 0 Å². The van der Waals surface area contributed by atoms with E-state index in [9.17, 15) is 4.79 Å². The van der Waals surface area contributed by atoms with Crippen molar-refractivity contribution in [1.29, 1.82) is 0 Å². The van der Waals surface area contributed by atoms with Gasteiger partial charge in [-0.1, -0.05) is 57.0 Å². The number of benzene rings is 2. The van der Waals surface area contributed by atoms with E-state index < -0.39 is 0 Å². The molecule has 106 valence electrons. The van der Waals surface area contributed by atoms with Gasteiger partial charge in [0.05, 0.1) is 0 Å². The van der Waals surface area contributed by atoms with Crippen LogP contribution < -0.4 is 5.32 Å². The van der Waals surface area contributed by atoms with Crippen LogP contribution in [0, 0.1) is 5.92 Å². The number of carbonyl (C=O) groups is 1. The van der Waals surface area contributed by atoms with E-state index in [0.717, 1.165) is 36.8 Å². The van der Waals surface area contributed by atoms with Gasteiger partial charge in [0.1, 0.15) is 0 Å². The lowest BCUT2D eigenvalue weighted by Gasteiger charge is -2.15. The summed E-state index contributed by atoms with van der Waals surface area (Å²) in [4.78, 5) is 12.3. The first-order valence-corrected chi connectivity index (χ1v) is 7.54. The summed E-state index contributed by atoms with van der Waals surface area (Å²) in [6.45, 7) is 4.24. The molecule has 0 aromatic heterocycles. The third kappa shape index (κ3) is 3.60. The summed E-state index contributed by atoms with van der Waals surface area (Å²) in [6.07, 6.45) is 4.13. The van der Waals surface area contributed by atoms with Crippen molar-refractivity contribution < 1.29 is 4.79 Å². The maximum absolute atomic E-state index is 12.3. The molecule has 0 fully saturated rings. The summed E-state index contributed by atoms with van der Waals surface area (Å²) in [7, 11) is 0. The summed E-state index contributed by atoms with van der Waals surface area (Å²) in [5.74, 6) is 0.276. The van der Waals surface area contributed by atoms with Gasteiger partial charge in [-0.15, -0.1) is 0 Å². The summed E-state index contributed by atoms with van der Waals surface area (Å²) in [6, 6.07) is 14.3. The van der Waals surface area contributed by atoms with Crippen LogP contribution in [-0.4, -0.2) is 5.91 Å². The Balaban J connectivity index is 2.08. The zero-order valence-corrected chi connectivity index (χ0v) is 12.4. The predicted octanol–water partition coefficient (Wildman–Crippen LogP) is 4.99. The number of fused-ring (bicyclic) bond motifs is 1. The Bertz CT molecular complexity index is 576. The first-order valence-electron chi connectivity index (χ1n) is 7.54. The molecule has 0 aliphatic carbocycles. The minimum absolute atomic E-state index is 0.126. The van der Waals surface area contributed by atoms with Crippen LogP contribution in [0.4, 0.5) is 5.69 Å². The Hall–Kier alpha value is -1.83. The van der Waals surface area contributed by atoms with Gasteiger partial charge in [0.25, 0.3) is 0 Å². The third-order valence-electron chi connectivity index (χ3n) is 3.79. The van der Waals surface area contributed by atoms with Crippen LogP contribution in [0.3, 0.4) is 0 Å². The van der Waals surface area contributed by atoms with Crippen LogP contribution in [-0.2, 0) is 4.79 Å². The molecule has 2 nitrogen and oxygen atoms in total. The van der Waals surface area contributed by atoms with Crippen molar-refractivity contribution in [2.75, 3.05) is 5.32 Å². The Morgan fingerprint density at radius 3 is 2.55 bits per heavy atom. The average molecular weight is 269 g/mol. The van der Waals surface area contributed by atoms with Crippen molar-refractivity contribution in [3.8, 4) is 0 Å². The quantitative estimate of drug-likeness (QED) is 0.786. The number of anilines is 1. The lowest BCUT2D eigenvalue weighted by Crippen LogP contribution is -2.22. The highest BCUT2D eigenvalue weighted by Crippen LogP contribution is 2.21. The van der Waals surface area contributed by atoms with Crippen molar-refractivity contribution >= 4 is 22.4 Å². The van der Waals surface area contributed by atoms with Gasteiger partial charge in [0.2, 0.25) is 5.91 Å². The zero-order chi connectivity index (χ0) is 14.4. The third-order valence-corrected chi connectivity index (χ3v) is 3.79. The molecule has 1 atom stereocenters. The maximum atomic E-state index is 12.3. The average Bonchev–Trinajstić information content (AvgIpc) is 2.48. The highest BCUT2D eigenvalue weighted by atomic mass is 16.1. The molecule has 2 rings (SSSR count). The van der Waals surface area contributed by atoms with Gasteiger partial charge in [0.15, 0.2) is 0 Å². The molecule has 0 saturated heterocycles. The van der Waals surface area contributed by atoms with E-state index in [1.165, 1.54) is 5.39 Å². The largest absolute Gasteiger partial charge is 0.326 e. The van der Waals surface area contributed by atoms with Crippen LogP contribution in [0.5, 0.6) is 0 Å². The van der Waals surface area contributed by atoms with Gasteiger partial charge in [-0.2, -0.15) is 0 Å². The maximum Gasteiger partial charge on any atom is 0.227 e. The first kappa shape index (κ1) is 14.6. The molecular weight excluding hydrogens is 246 g/mol. The second kappa shape index (κ2) is 7.09. The Kier molecular flexibility index (Phi) is 5.16. The summed E-state index contributed by atoms with van der Waals surface area (Å²) >= 11 is 0. The van der Waals surface area contributed by atoms with E-state index >= 15 is 0 Å². The minimum Gasteiger partial charge on any atom is -0.326 e. The van der Waals surface area contributed by atoms with Crippen molar-refractivity contribution in [3.63, 3.8) is 0 Å². The van der Waals surface area contributed by atoms with Crippen LogP contribution in [0.1, 0.15) is 39.5 Å². The van der Waals surface area contributed by atoms with Crippen molar-refractivity contribution in [3.05, 3.63) is 42.5 Å². The molecule has 0 bridgehead atoms. The van der Waals surface area contributed by atoms with E-state index in [0.29, 0.717) is 0 Å². The molecular formula is C18H23NO. The Labute approximate surface area is 121 Å². The standard InChI is InChI=1S/C18H23NO/c1-3-5-8-14(4-2)18(20)19-17-12-11-15-9-6-7-10-16(15)13-17/h6-7,9-14H,3-5,8H2,1-2H3,(H,19,20)/t14-/m0/s1. The van der Waals surface area contributed by atoms with Gasteiger partial charge in [-0.3, -0.25) is 4.79 Å². The van der Waals surface area contributed by atoms with Crippen molar-refractivity contribution in [1.82, 2.24) is 0 Å². The highest BCUT2D eigenvalue weighted by Gasteiger charge is 2.15. The van der Waals surface area contributed by atoms with Crippen molar-refractivity contribution in [2.24, 2.45) is 5.92 Å². The van der Waals surface area contributed by atoms with E-state index in [-0.39, 0.29) is 11.8 Å². The van der Waals surface area contributed by atoms with E-state index in [4.69, 9.17) is 0 Å². The van der Waals surface area contributed by atoms with Crippen LogP contribution >= 0.6 is 0 Å². The number of carbonyl (C=O) groups excluding carboxylic acids is 1. The number of unbranched alkanes of at least 4 members (excludes halogenated alkanes) is 1. The zero-order valence-electron chi connectivity index (χ0n) is 12.4. The minimum atomic E-state index is 0.126. The highest BCUT2D eigenvalue weighted by molar-refractivity contribution is 5.95. The van der Waals surface area contributed by atoms with Gasteiger partial charge < -0.3 is 5.32 Å². The van der Waals surface area contributed by atoms with E-state index in [2.05, 4.69) is 37.4 Å². The predicted molar refractivity (Wildman–Crippen MR) is 85.9 cm³/mol. The van der Waals surface area contributed by atoms with Crippen molar-refractivity contribution in [2.45, 2.75) is 39.5 Å². The molecule has 0 saturated carbocycles. The molecule has 2 aromatic rings. The number of hydrogen-bond donors (Lipinski definition) is 1. The summed E-state index contributed by atoms with van der Waals surface area (Å²) in [5.41, 5.74) is 0.892. The van der Waals surface area contributed by atoms with E-state index in [1.54, 1.807) is 0 Å². The molecule has 0 radical (unpaired) electrons. The van der Waals surface area contributed by atoms with Gasteiger partial charge in [-0.05, 0) is 35.7 Å². The molecule has 1 N–H and O–H groups in total. The molecule has 0 aliphatic rings. The second-order valence-electron chi connectivity index (χ2n) is 5.30. The summed E-state index contributed by atoms with van der Waals surface area (Å²) in [5, 5.41) is 5.41. The normalized spacial score (nSPS) is 12.3. The first-order chi connectivity index (χ1) is 9.74. The van der Waals surface area contributed by atoms with Crippen LogP contribution in [0.15, 0.2) is 42.5 Å². The molecule has 2 aromatic carbocycles. The summed E-state index contributed by atoms with van der Waals surface area (Å²) < 4.78 is 0. The SMILES string of the molecule is CCCC[C@H](CC)C(=O)Nc1ccc2ccccc2c1. The topological polar surface area (TPSA) is 29.1 Å². The molecule has 0 heterocycles. The molecule has 20 heavy (non-hydrogen) atoms. The monoisotopic (exact) mass is 269 g/mol. The smallest absolute Gasteiger partial charge is 0.227 e. The Morgan fingerprint density at radius 1 is 1.10 bits per heavy atom. The van der Waals surface area contributed by atoms with Gasteiger partial charge in [-0.25, -0.2) is 0 Å². The number of hydrogen-bond acceptors (Lipinski definition) is 1. The van der Waals surface area contributed by atoms with Gasteiger partial charge in [0, 0.05) is 11.6 Å². The molecule has 1 amide bonds. The molecule has 2 heteroatoms. The van der Waals surface area contributed by atoms with Crippen LogP contribution in [0.25, 0.3) is 10.8 Å². The fourth-order valence-corrected chi connectivity index (χ4v) is 2.48. The van der Waals surface area contributed by atoms with Gasteiger partial charge >= 0.3 is 0 Å². The van der Waals surface area contributed by atoms with E-state index in [1.807, 2.05) is 24.3 Å². The fraction of sp³-hybridized carbons (Fsp3) is 0.389. The molecule has 0 unspecified atom stereocenters.